The molecule has 302 valence electrons. The van der Waals surface area contributed by atoms with E-state index < -0.39 is 40.9 Å². The van der Waals surface area contributed by atoms with E-state index in [0.717, 1.165) is 104 Å². The first-order valence-corrected chi connectivity index (χ1v) is 20.9. The van der Waals surface area contributed by atoms with E-state index in [1.807, 2.05) is 12.1 Å². The van der Waals surface area contributed by atoms with Gasteiger partial charge in [-0.2, -0.15) is 5.26 Å². The molecule has 6 heterocycles. The Balaban J connectivity index is 0.819. The van der Waals surface area contributed by atoms with Crippen molar-refractivity contribution >= 4 is 51.7 Å². The highest BCUT2D eigenvalue weighted by Gasteiger charge is 2.48. The van der Waals surface area contributed by atoms with Crippen LogP contribution in [0.1, 0.15) is 118 Å². The zero-order valence-electron chi connectivity index (χ0n) is 33.5. The van der Waals surface area contributed by atoms with E-state index in [9.17, 15) is 29.2 Å². The van der Waals surface area contributed by atoms with Crippen LogP contribution in [0.2, 0.25) is 0 Å². The average molecular weight is 796 g/mol. The van der Waals surface area contributed by atoms with E-state index in [-0.39, 0.29) is 41.8 Å². The van der Waals surface area contributed by atoms with Gasteiger partial charge in [0.2, 0.25) is 11.8 Å². The number of ketones is 1. The van der Waals surface area contributed by atoms with Crippen LogP contribution in [0.3, 0.4) is 0 Å². The molecule has 13 heteroatoms. The van der Waals surface area contributed by atoms with Crippen molar-refractivity contribution < 1.29 is 28.4 Å². The molecule has 3 unspecified atom stereocenters. The smallest absolute Gasteiger partial charge is 0.262 e. The maximum Gasteiger partial charge on any atom is 0.262 e. The molecule has 0 spiro atoms. The number of halogens is 1. The summed E-state index contributed by atoms with van der Waals surface area (Å²) < 4.78 is 15.9. The lowest BCUT2D eigenvalue weighted by Crippen LogP contribution is -2.55. The maximum atomic E-state index is 15.9. The van der Waals surface area contributed by atoms with Gasteiger partial charge in [-0.05, 0) is 92.0 Å². The number of carbonyl (C=O) groups excluding carboxylic acids is 5. The molecular formula is C46H46FN7O5. The number of likely N-dealkylation sites (tertiary alicyclic amines) is 1. The second kappa shape index (κ2) is 13.6. The van der Waals surface area contributed by atoms with E-state index in [2.05, 4.69) is 64.0 Å². The number of amides is 4. The second-order valence-corrected chi connectivity index (χ2v) is 17.8. The Bertz CT molecular complexity index is 2570. The molecule has 3 atom stereocenters. The predicted molar refractivity (Wildman–Crippen MR) is 218 cm³/mol. The molecule has 10 rings (SSSR count). The Labute approximate surface area is 341 Å². The first kappa shape index (κ1) is 37.4. The van der Waals surface area contributed by atoms with Gasteiger partial charge in [0.25, 0.3) is 11.8 Å². The topological polar surface area (TPSA) is 150 Å². The minimum atomic E-state index is -1.10. The van der Waals surface area contributed by atoms with Gasteiger partial charge in [-0.25, -0.2) is 4.39 Å². The van der Waals surface area contributed by atoms with Gasteiger partial charge in [0.1, 0.15) is 11.9 Å². The van der Waals surface area contributed by atoms with Gasteiger partial charge in [-0.15, -0.1) is 0 Å². The van der Waals surface area contributed by atoms with Crippen molar-refractivity contribution in [3.05, 3.63) is 92.9 Å². The summed E-state index contributed by atoms with van der Waals surface area (Å²) in [7, 11) is 0. The number of piperidine rings is 2. The van der Waals surface area contributed by atoms with Gasteiger partial charge in [-0.1, -0.05) is 26.8 Å². The van der Waals surface area contributed by atoms with E-state index in [1.54, 1.807) is 6.07 Å². The minimum Gasteiger partial charge on any atom is -0.371 e. The number of nitriles is 1. The fourth-order valence-corrected chi connectivity index (χ4v) is 11.1. The van der Waals surface area contributed by atoms with Crippen molar-refractivity contribution in [1.29, 1.82) is 5.26 Å². The zero-order chi connectivity index (χ0) is 41.1. The first-order chi connectivity index (χ1) is 28.4. The third-order valence-corrected chi connectivity index (χ3v) is 14.1. The van der Waals surface area contributed by atoms with Crippen LogP contribution in [0.15, 0.2) is 42.5 Å². The van der Waals surface area contributed by atoms with E-state index in [1.165, 1.54) is 17.3 Å². The van der Waals surface area contributed by atoms with Crippen molar-refractivity contribution in [3.63, 3.8) is 0 Å². The van der Waals surface area contributed by atoms with Crippen LogP contribution in [0.5, 0.6) is 0 Å². The molecule has 0 saturated carbocycles. The van der Waals surface area contributed by atoms with Gasteiger partial charge < -0.3 is 14.8 Å². The lowest BCUT2D eigenvalue weighted by Gasteiger charge is -2.44. The first-order valence-electron chi connectivity index (χ1n) is 20.9. The number of carbonyl (C=O) groups is 5. The Morgan fingerprint density at radius 3 is 2.25 bits per heavy atom. The molecule has 1 aliphatic carbocycles. The Kier molecular flexibility index (Phi) is 8.62. The van der Waals surface area contributed by atoms with Crippen LogP contribution in [0.4, 0.5) is 15.8 Å². The third kappa shape index (κ3) is 5.74. The van der Waals surface area contributed by atoms with E-state index in [4.69, 9.17) is 0 Å². The number of aryl methyl sites for hydroxylation is 1. The fourth-order valence-electron chi connectivity index (χ4n) is 11.1. The summed E-state index contributed by atoms with van der Waals surface area (Å²) in [5.74, 6) is -2.49. The summed E-state index contributed by atoms with van der Waals surface area (Å²) in [5, 5.41) is 12.5. The van der Waals surface area contributed by atoms with Gasteiger partial charge in [0.05, 0.1) is 34.0 Å². The molecular weight excluding hydrogens is 750 g/mol. The number of nitrogens with one attached hydrogen (secondary N) is 2. The summed E-state index contributed by atoms with van der Waals surface area (Å²) in [6, 6.07) is 13.7. The predicted octanol–water partition coefficient (Wildman–Crippen LogP) is 5.58. The average Bonchev–Trinajstić information content (AvgIpc) is 3.82. The number of fused-ring (bicyclic) bond motifs is 7. The molecule has 3 aromatic carbocycles. The van der Waals surface area contributed by atoms with Crippen LogP contribution in [-0.2, 0) is 21.4 Å². The minimum absolute atomic E-state index is 0.0212. The number of aromatic amines is 1. The number of imide groups is 2. The van der Waals surface area contributed by atoms with Gasteiger partial charge in [0, 0.05) is 84.5 Å². The molecule has 2 bridgehead atoms. The highest BCUT2D eigenvalue weighted by Crippen LogP contribution is 2.46. The maximum absolute atomic E-state index is 15.9. The quantitative estimate of drug-likeness (QED) is 0.239. The summed E-state index contributed by atoms with van der Waals surface area (Å²) in [6.45, 7) is 10.8. The molecule has 2 N–H and O–H groups in total. The van der Waals surface area contributed by atoms with Crippen LogP contribution in [0.25, 0.3) is 10.9 Å². The van der Waals surface area contributed by atoms with Crippen molar-refractivity contribution in [2.45, 2.75) is 89.3 Å². The van der Waals surface area contributed by atoms with Gasteiger partial charge in [-0.3, -0.25) is 39.1 Å². The second-order valence-electron chi connectivity index (χ2n) is 17.8. The number of rotatable bonds is 6. The summed E-state index contributed by atoms with van der Waals surface area (Å²) >= 11 is 0. The number of anilines is 2. The number of H-pyrrole nitrogens is 1. The number of hydrogen-bond donors (Lipinski definition) is 2. The van der Waals surface area contributed by atoms with Crippen LogP contribution < -0.4 is 15.1 Å². The number of piperazine rings is 1. The van der Waals surface area contributed by atoms with Gasteiger partial charge >= 0.3 is 0 Å². The van der Waals surface area contributed by atoms with Crippen LogP contribution >= 0.6 is 0 Å². The Morgan fingerprint density at radius 1 is 0.864 bits per heavy atom. The number of benzene rings is 3. The molecule has 6 aliphatic rings. The monoisotopic (exact) mass is 795 g/mol. The SMILES string of the molecule is CCc1cc2c(cc1N1CCC(CN3CC4CCC(C3)N4c3cc4c(cc3F)C(=O)N(C3CCC(=O)NC3=O)C4=O)CC1)C(C)(C)c1[nH]c3cc(C#N)ccc3c1C2=O. The molecule has 59 heavy (non-hydrogen) atoms. The largest absolute Gasteiger partial charge is 0.371 e. The van der Waals surface area contributed by atoms with E-state index in [0.29, 0.717) is 22.7 Å². The fraction of sp³-hybridized carbons (Fsp3) is 0.435. The van der Waals surface area contributed by atoms with Crippen molar-refractivity contribution in [2.75, 3.05) is 42.5 Å². The van der Waals surface area contributed by atoms with Crippen LogP contribution in [0, 0.1) is 23.1 Å². The van der Waals surface area contributed by atoms with Crippen LogP contribution in [-0.4, -0.2) is 95.0 Å². The van der Waals surface area contributed by atoms with Gasteiger partial charge in [0.15, 0.2) is 5.78 Å². The molecule has 4 amide bonds. The molecule has 4 fully saturated rings. The molecule has 4 aromatic rings. The number of nitrogens with zero attached hydrogens (tertiary/aromatic N) is 5. The molecule has 12 nitrogen and oxygen atoms in total. The standard InChI is InChI=1S/C46H46FN7O5/c1-4-26-16-32-33(46(2,3)42-40(41(32)56)29-8-5-25(20-48)15-35(29)49-42)19-37(26)52-13-11-24(12-14-52)21-51-22-27-6-7-28(23-51)53(27)38-18-31-30(17-34(38)47)44(58)54(45(31)59)36-9-10-39(55)50-43(36)57/h5,8,15-19,24,27-28,36,49H,4,6-7,9-14,21-23H2,1-3H3,(H,50,55,57). The lowest BCUT2D eigenvalue weighted by atomic mass is 9.70. The summed E-state index contributed by atoms with van der Waals surface area (Å²) in [6.07, 6.45) is 4.75. The summed E-state index contributed by atoms with van der Waals surface area (Å²) in [5.41, 5.74) is 7.03. The Morgan fingerprint density at radius 2 is 1.58 bits per heavy atom. The highest BCUT2D eigenvalue weighted by molar-refractivity contribution is 6.24. The zero-order valence-corrected chi connectivity index (χ0v) is 33.5. The van der Waals surface area contributed by atoms with Crippen molar-refractivity contribution in [3.8, 4) is 6.07 Å². The molecule has 5 aliphatic heterocycles. The Hall–Kier alpha value is -5.87. The highest BCUT2D eigenvalue weighted by atomic mass is 19.1. The lowest BCUT2D eigenvalue weighted by molar-refractivity contribution is -0.136. The third-order valence-electron chi connectivity index (χ3n) is 14.1. The number of aromatic nitrogens is 1. The molecule has 4 saturated heterocycles. The van der Waals surface area contributed by atoms with Crippen molar-refractivity contribution in [2.24, 2.45) is 5.92 Å². The molecule has 0 radical (unpaired) electrons. The normalized spacial score (nSPS) is 24.1. The summed E-state index contributed by atoms with van der Waals surface area (Å²) in [4.78, 5) is 76.8. The van der Waals surface area contributed by atoms with Crippen molar-refractivity contribution in [1.82, 2.24) is 20.1 Å². The van der Waals surface area contributed by atoms with E-state index >= 15 is 4.39 Å². The number of hydrogen-bond acceptors (Lipinski definition) is 9. The molecule has 1 aromatic heterocycles.